The lowest BCUT2D eigenvalue weighted by Gasteiger charge is -2.02. The van der Waals surface area contributed by atoms with E-state index < -0.39 is 0 Å². The van der Waals surface area contributed by atoms with Crippen molar-refractivity contribution in [3.8, 4) is 0 Å². The van der Waals surface area contributed by atoms with Gasteiger partial charge in [0.2, 0.25) is 0 Å². The van der Waals surface area contributed by atoms with Gasteiger partial charge in [0.15, 0.2) is 5.17 Å². The Labute approximate surface area is 154 Å². The molecule has 2 aromatic rings. The predicted molar refractivity (Wildman–Crippen MR) is 103 cm³/mol. The highest BCUT2D eigenvalue weighted by Crippen LogP contribution is 2.31. The normalized spacial score (nSPS) is 17.6. The second kappa shape index (κ2) is 7.01. The Balaban J connectivity index is 1.89. The van der Waals surface area contributed by atoms with Crippen molar-refractivity contribution in [3.63, 3.8) is 0 Å². The van der Waals surface area contributed by atoms with E-state index in [-0.39, 0.29) is 5.91 Å². The maximum Gasteiger partial charge on any atom is 0.264 e. The second-order valence-electron chi connectivity index (χ2n) is 5.44. The summed E-state index contributed by atoms with van der Waals surface area (Å²) < 4.78 is 0. The van der Waals surface area contributed by atoms with E-state index >= 15 is 0 Å². The van der Waals surface area contributed by atoms with Crippen molar-refractivity contribution in [3.05, 3.63) is 68.0 Å². The highest BCUT2D eigenvalue weighted by molar-refractivity contribution is 8.18. The van der Waals surface area contributed by atoms with Gasteiger partial charge < -0.3 is 5.32 Å². The molecule has 0 atom stereocenters. The number of aryl methyl sites for hydroxylation is 2. The summed E-state index contributed by atoms with van der Waals surface area (Å²) in [6.45, 7) is 4.00. The minimum Gasteiger partial charge on any atom is -0.300 e. The molecular weight excluding hydrogens is 363 g/mol. The molecule has 0 aliphatic carbocycles. The fraction of sp³-hybridized carbons (Fsp3) is 0.111. The SMILES string of the molecule is Cc1ccc(C)c(N=C2NC(=O)C(=Cc3ccc(Cl)cc3Cl)S2)c1. The zero-order valence-electron chi connectivity index (χ0n) is 13.1. The zero-order valence-corrected chi connectivity index (χ0v) is 15.4. The van der Waals surface area contributed by atoms with E-state index in [1.807, 2.05) is 32.0 Å². The van der Waals surface area contributed by atoms with Crippen molar-refractivity contribution in [2.24, 2.45) is 4.99 Å². The number of benzene rings is 2. The molecule has 1 amide bonds. The topological polar surface area (TPSA) is 41.5 Å². The largest absolute Gasteiger partial charge is 0.300 e. The average molecular weight is 377 g/mol. The van der Waals surface area contributed by atoms with Gasteiger partial charge >= 0.3 is 0 Å². The number of thioether (sulfide) groups is 1. The summed E-state index contributed by atoms with van der Waals surface area (Å²) in [4.78, 5) is 17.3. The third-order valence-corrected chi connectivity index (χ3v) is 4.96. The van der Waals surface area contributed by atoms with Gasteiger partial charge in [-0.2, -0.15) is 0 Å². The lowest BCUT2D eigenvalue weighted by molar-refractivity contribution is -0.115. The van der Waals surface area contributed by atoms with Crippen molar-refractivity contribution in [1.29, 1.82) is 0 Å². The van der Waals surface area contributed by atoms with Gasteiger partial charge in [-0.15, -0.1) is 0 Å². The van der Waals surface area contributed by atoms with Crippen molar-refractivity contribution in [2.75, 3.05) is 0 Å². The molecule has 0 spiro atoms. The van der Waals surface area contributed by atoms with Crippen LogP contribution in [-0.2, 0) is 4.79 Å². The first kappa shape index (κ1) is 17.1. The Morgan fingerprint density at radius 2 is 1.92 bits per heavy atom. The molecule has 6 heteroatoms. The fourth-order valence-electron chi connectivity index (χ4n) is 2.19. The standard InChI is InChI=1S/C18H14Cl2N2OS/c1-10-3-4-11(2)15(7-10)21-18-22-17(23)16(24-18)8-12-5-6-13(19)9-14(12)20/h3-9H,1-2H3,(H,21,22,23). The van der Waals surface area contributed by atoms with Crippen LogP contribution in [-0.4, -0.2) is 11.1 Å². The fourth-order valence-corrected chi connectivity index (χ4v) is 3.48. The first-order chi connectivity index (χ1) is 11.4. The Hall–Kier alpha value is -1.75. The monoisotopic (exact) mass is 376 g/mol. The molecule has 1 fully saturated rings. The number of aliphatic imine (C=N–C) groups is 1. The van der Waals surface area contributed by atoms with Gasteiger partial charge in [0.25, 0.3) is 5.91 Å². The number of halogens is 2. The summed E-state index contributed by atoms with van der Waals surface area (Å²) in [6, 6.07) is 11.2. The molecule has 1 saturated heterocycles. The first-order valence-electron chi connectivity index (χ1n) is 7.24. The van der Waals surface area contributed by atoms with Gasteiger partial charge in [0.1, 0.15) is 0 Å². The molecule has 1 N–H and O–H groups in total. The van der Waals surface area contributed by atoms with Crippen LogP contribution >= 0.6 is 35.0 Å². The quantitative estimate of drug-likeness (QED) is 0.702. The Bertz CT molecular complexity index is 891. The summed E-state index contributed by atoms with van der Waals surface area (Å²) >= 11 is 13.3. The van der Waals surface area contributed by atoms with Gasteiger partial charge in [0.05, 0.1) is 10.6 Å². The van der Waals surface area contributed by atoms with E-state index in [1.165, 1.54) is 11.8 Å². The van der Waals surface area contributed by atoms with Gasteiger partial charge in [0, 0.05) is 10.0 Å². The lowest BCUT2D eigenvalue weighted by atomic mass is 10.1. The highest BCUT2D eigenvalue weighted by atomic mass is 35.5. The van der Waals surface area contributed by atoms with Crippen LogP contribution in [0.1, 0.15) is 16.7 Å². The molecule has 122 valence electrons. The summed E-state index contributed by atoms with van der Waals surface area (Å²) in [5, 5.41) is 4.41. The van der Waals surface area contributed by atoms with Crippen LogP contribution in [0.4, 0.5) is 5.69 Å². The number of amidine groups is 1. The van der Waals surface area contributed by atoms with Crippen LogP contribution in [0.2, 0.25) is 10.0 Å². The van der Waals surface area contributed by atoms with Crippen molar-refractivity contribution >= 4 is 57.8 Å². The van der Waals surface area contributed by atoms with Crippen LogP contribution < -0.4 is 5.32 Å². The van der Waals surface area contributed by atoms with Crippen molar-refractivity contribution < 1.29 is 4.79 Å². The first-order valence-corrected chi connectivity index (χ1v) is 8.81. The summed E-state index contributed by atoms with van der Waals surface area (Å²) in [6.07, 6.45) is 1.74. The van der Waals surface area contributed by atoms with E-state index in [1.54, 1.807) is 24.3 Å². The highest BCUT2D eigenvalue weighted by Gasteiger charge is 2.24. The minimum absolute atomic E-state index is 0.185. The van der Waals surface area contributed by atoms with E-state index in [2.05, 4.69) is 10.3 Å². The maximum absolute atomic E-state index is 12.2. The van der Waals surface area contributed by atoms with Gasteiger partial charge in [-0.3, -0.25) is 4.79 Å². The number of nitrogens with one attached hydrogen (secondary N) is 1. The van der Waals surface area contributed by atoms with E-state index in [0.29, 0.717) is 20.1 Å². The number of hydrogen-bond acceptors (Lipinski definition) is 3. The molecule has 1 heterocycles. The van der Waals surface area contributed by atoms with E-state index in [0.717, 1.165) is 22.4 Å². The number of amides is 1. The molecule has 0 unspecified atom stereocenters. The van der Waals surface area contributed by atoms with Crippen LogP contribution in [0.3, 0.4) is 0 Å². The molecule has 0 saturated carbocycles. The summed E-state index contributed by atoms with van der Waals surface area (Å²) in [5.74, 6) is -0.185. The molecule has 3 rings (SSSR count). The maximum atomic E-state index is 12.2. The molecule has 3 nitrogen and oxygen atoms in total. The predicted octanol–water partition coefficient (Wildman–Crippen LogP) is 5.50. The van der Waals surface area contributed by atoms with Crippen LogP contribution in [0.15, 0.2) is 46.3 Å². The molecule has 24 heavy (non-hydrogen) atoms. The Kier molecular flexibility index (Phi) is 4.99. The van der Waals surface area contributed by atoms with Gasteiger partial charge in [-0.05, 0) is 66.6 Å². The summed E-state index contributed by atoms with van der Waals surface area (Å²) in [7, 11) is 0. The number of nitrogens with zero attached hydrogens (tertiary/aromatic N) is 1. The van der Waals surface area contributed by atoms with Gasteiger partial charge in [-0.1, -0.05) is 41.4 Å². The molecule has 0 aromatic heterocycles. The smallest absolute Gasteiger partial charge is 0.264 e. The molecule has 0 bridgehead atoms. The van der Waals surface area contributed by atoms with Crippen molar-refractivity contribution in [2.45, 2.75) is 13.8 Å². The second-order valence-corrected chi connectivity index (χ2v) is 7.31. The number of carbonyl (C=O) groups excluding carboxylic acids is 1. The van der Waals surface area contributed by atoms with Gasteiger partial charge in [-0.25, -0.2) is 4.99 Å². The molecule has 2 aromatic carbocycles. The Morgan fingerprint density at radius 3 is 2.67 bits per heavy atom. The summed E-state index contributed by atoms with van der Waals surface area (Å²) in [5.41, 5.74) is 3.77. The molecule has 1 aliphatic rings. The number of carbonyl (C=O) groups is 1. The third kappa shape index (κ3) is 3.83. The minimum atomic E-state index is -0.185. The third-order valence-electron chi connectivity index (χ3n) is 3.49. The Morgan fingerprint density at radius 1 is 1.12 bits per heavy atom. The lowest BCUT2D eigenvalue weighted by Crippen LogP contribution is -2.19. The van der Waals surface area contributed by atoms with Crippen LogP contribution in [0, 0.1) is 13.8 Å². The van der Waals surface area contributed by atoms with E-state index in [9.17, 15) is 4.79 Å². The van der Waals surface area contributed by atoms with Crippen molar-refractivity contribution in [1.82, 2.24) is 5.32 Å². The number of hydrogen-bond donors (Lipinski definition) is 1. The van der Waals surface area contributed by atoms with Crippen LogP contribution in [0.5, 0.6) is 0 Å². The molecule has 1 aliphatic heterocycles. The van der Waals surface area contributed by atoms with Crippen LogP contribution in [0.25, 0.3) is 6.08 Å². The average Bonchev–Trinajstić information content (AvgIpc) is 2.85. The molecular formula is C18H14Cl2N2OS. The zero-order chi connectivity index (χ0) is 17.3. The number of rotatable bonds is 2. The van der Waals surface area contributed by atoms with E-state index in [4.69, 9.17) is 23.2 Å². The molecule has 0 radical (unpaired) electrons.